The van der Waals surface area contributed by atoms with Gasteiger partial charge in [0, 0.05) is 23.0 Å². The zero-order valence-electron chi connectivity index (χ0n) is 15.6. The highest BCUT2D eigenvalue weighted by Crippen LogP contribution is 2.32. The molecule has 0 radical (unpaired) electrons. The Hall–Kier alpha value is -2.88. The molecule has 4 aromatic rings. The number of halogens is 1. The number of rotatable bonds is 5. The second-order valence-electron chi connectivity index (χ2n) is 6.72. The van der Waals surface area contributed by atoms with Gasteiger partial charge < -0.3 is 9.30 Å². The third kappa shape index (κ3) is 3.59. The fourth-order valence-electron chi connectivity index (χ4n) is 3.50. The van der Waals surface area contributed by atoms with E-state index in [9.17, 15) is 4.79 Å². The zero-order valence-corrected chi connectivity index (χ0v) is 16.3. The molecule has 28 heavy (non-hydrogen) atoms. The molecule has 4 heteroatoms. The van der Waals surface area contributed by atoms with Gasteiger partial charge in [0.15, 0.2) is 0 Å². The van der Waals surface area contributed by atoms with Gasteiger partial charge in [0.05, 0.1) is 24.3 Å². The minimum atomic E-state index is -0.0539. The first kappa shape index (κ1) is 18.5. The predicted molar refractivity (Wildman–Crippen MR) is 115 cm³/mol. The fourth-order valence-corrected chi connectivity index (χ4v) is 3.67. The van der Waals surface area contributed by atoms with E-state index >= 15 is 0 Å². The Bertz CT molecular complexity index is 1170. The summed E-state index contributed by atoms with van der Waals surface area (Å²) >= 11 is 6.29. The Morgan fingerprint density at radius 3 is 2.29 bits per heavy atom. The van der Waals surface area contributed by atoms with Crippen LogP contribution < -0.4 is 5.56 Å². The molecule has 3 aromatic carbocycles. The SMILES string of the molecule is Cn1c(=O)c(COCc2ccccc2)c(-c2ccccc2)c2cc(Cl)ccc21. The van der Waals surface area contributed by atoms with Gasteiger partial charge in [0.1, 0.15) is 0 Å². The molecule has 0 saturated carbocycles. The maximum Gasteiger partial charge on any atom is 0.256 e. The summed E-state index contributed by atoms with van der Waals surface area (Å²) in [6.07, 6.45) is 0. The van der Waals surface area contributed by atoms with Crippen molar-refractivity contribution in [1.29, 1.82) is 0 Å². The number of nitrogens with zero attached hydrogens (tertiary/aromatic N) is 1. The average molecular weight is 390 g/mol. The van der Waals surface area contributed by atoms with Crippen molar-refractivity contribution < 1.29 is 4.74 Å². The molecule has 0 fully saturated rings. The molecule has 0 aliphatic carbocycles. The van der Waals surface area contributed by atoms with Gasteiger partial charge in [0.2, 0.25) is 0 Å². The Balaban J connectivity index is 1.84. The molecule has 140 valence electrons. The predicted octanol–water partition coefficient (Wildman–Crippen LogP) is 5.58. The van der Waals surface area contributed by atoms with Crippen molar-refractivity contribution in [3.8, 4) is 11.1 Å². The van der Waals surface area contributed by atoms with E-state index in [1.54, 1.807) is 11.6 Å². The molecule has 0 saturated heterocycles. The first-order chi connectivity index (χ1) is 13.6. The van der Waals surface area contributed by atoms with Crippen LogP contribution in [0.25, 0.3) is 22.0 Å². The van der Waals surface area contributed by atoms with Crippen LogP contribution in [0.3, 0.4) is 0 Å². The maximum atomic E-state index is 13.2. The minimum absolute atomic E-state index is 0.0539. The molecule has 0 spiro atoms. The number of aryl methyl sites for hydroxylation is 1. The Morgan fingerprint density at radius 2 is 1.57 bits per heavy atom. The van der Waals surface area contributed by atoms with Gasteiger partial charge in [-0.05, 0) is 29.3 Å². The van der Waals surface area contributed by atoms with Crippen LogP contribution in [0, 0.1) is 0 Å². The van der Waals surface area contributed by atoms with E-state index in [1.165, 1.54) is 0 Å². The molecule has 4 rings (SSSR count). The number of pyridine rings is 1. The molecule has 3 nitrogen and oxygen atoms in total. The van der Waals surface area contributed by atoms with Crippen LogP contribution in [0.15, 0.2) is 83.7 Å². The quantitative estimate of drug-likeness (QED) is 0.446. The van der Waals surface area contributed by atoms with Gasteiger partial charge >= 0.3 is 0 Å². The largest absolute Gasteiger partial charge is 0.372 e. The summed E-state index contributed by atoms with van der Waals surface area (Å²) in [4.78, 5) is 13.2. The lowest BCUT2D eigenvalue weighted by Gasteiger charge is -2.16. The molecule has 0 bridgehead atoms. The highest BCUT2D eigenvalue weighted by atomic mass is 35.5. The Labute approximate surface area is 168 Å². The minimum Gasteiger partial charge on any atom is -0.372 e. The number of hydrogen-bond donors (Lipinski definition) is 0. The third-order valence-corrected chi connectivity index (χ3v) is 5.11. The van der Waals surface area contributed by atoms with Crippen LogP contribution in [0.5, 0.6) is 0 Å². The average Bonchev–Trinajstić information content (AvgIpc) is 2.73. The van der Waals surface area contributed by atoms with Crippen molar-refractivity contribution in [3.05, 3.63) is 105 Å². The monoisotopic (exact) mass is 389 g/mol. The smallest absolute Gasteiger partial charge is 0.256 e. The second kappa shape index (κ2) is 8.01. The number of ether oxygens (including phenoxy) is 1. The van der Waals surface area contributed by atoms with Gasteiger partial charge in [-0.1, -0.05) is 72.3 Å². The number of fused-ring (bicyclic) bond motifs is 1. The molecule has 0 aliphatic heterocycles. The van der Waals surface area contributed by atoms with Crippen LogP contribution in [0.1, 0.15) is 11.1 Å². The Kier molecular flexibility index (Phi) is 5.29. The van der Waals surface area contributed by atoms with Gasteiger partial charge in [-0.15, -0.1) is 0 Å². The molecule has 0 unspecified atom stereocenters. The molecule has 0 N–H and O–H groups in total. The van der Waals surface area contributed by atoms with E-state index in [0.29, 0.717) is 17.2 Å². The number of hydrogen-bond acceptors (Lipinski definition) is 2. The van der Waals surface area contributed by atoms with Gasteiger partial charge in [0.25, 0.3) is 5.56 Å². The molecule has 1 heterocycles. The maximum absolute atomic E-state index is 13.2. The van der Waals surface area contributed by atoms with Crippen molar-refractivity contribution >= 4 is 22.5 Å². The van der Waals surface area contributed by atoms with Gasteiger partial charge in [-0.25, -0.2) is 0 Å². The summed E-state index contributed by atoms with van der Waals surface area (Å²) in [5.74, 6) is 0. The summed E-state index contributed by atoms with van der Waals surface area (Å²) in [6, 6.07) is 25.5. The molecule has 1 aromatic heterocycles. The van der Waals surface area contributed by atoms with Gasteiger partial charge in [-0.3, -0.25) is 4.79 Å². The lowest BCUT2D eigenvalue weighted by atomic mass is 9.96. The molecule has 0 aliphatic rings. The van der Waals surface area contributed by atoms with Crippen LogP contribution in [0.2, 0.25) is 5.02 Å². The van der Waals surface area contributed by atoms with Crippen LogP contribution in [-0.4, -0.2) is 4.57 Å². The van der Waals surface area contributed by atoms with E-state index in [2.05, 4.69) is 0 Å². The van der Waals surface area contributed by atoms with Crippen LogP contribution >= 0.6 is 11.6 Å². The second-order valence-corrected chi connectivity index (χ2v) is 7.16. The first-order valence-corrected chi connectivity index (χ1v) is 9.51. The summed E-state index contributed by atoms with van der Waals surface area (Å²) in [5, 5.41) is 1.58. The van der Waals surface area contributed by atoms with E-state index in [-0.39, 0.29) is 12.2 Å². The standard InChI is InChI=1S/C24H20ClNO2/c1-26-22-13-12-19(25)14-20(22)23(18-10-6-3-7-11-18)21(24(26)27)16-28-15-17-8-4-2-5-9-17/h2-14H,15-16H2,1H3. The van der Waals surface area contributed by atoms with E-state index in [0.717, 1.165) is 27.6 Å². The first-order valence-electron chi connectivity index (χ1n) is 9.13. The summed E-state index contributed by atoms with van der Waals surface area (Å²) in [7, 11) is 1.79. The summed E-state index contributed by atoms with van der Waals surface area (Å²) < 4.78 is 7.60. The van der Waals surface area contributed by atoms with Gasteiger partial charge in [-0.2, -0.15) is 0 Å². The number of aromatic nitrogens is 1. The van der Waals surface area contributed by atoms with Crippen molar-refractivity contribution in [2.75, 3.05) is 0 Å². The normalized spacial score (nSPS) is 11.1. The lowest BCUT2D eigenvalue weighted by molar-refractivity contribution is 0.106. The van der Waals surface area contributed by atoms with Crippen molar-refractivity contribution in [1.82, 2.24) is 4.57 Å². The topological polar surface area (TPSA) is 31.2 Å². The summed E-state index contributed by atoms with van der Waals surface area (Å²) in [5.41, 5.74) is 4.37. The molecule has 0 atom stereocenters. The van der Waals surface area contributed by atoms with E-state index < -0.39 is 0 Å². The van der Waals surface area contributed by atoms with Crippen LogP contribution in [-0.2, 0) is 25.0 Å². The zero-order chi connectivity index (χ0) is 19.5. The summed E-state index contributed by atoms with van der Waals surface area (Å²) in [6.45, 7) is 0.681. The van der Waals surface area contributed by atoms with Crippen molar-refractivity contribution in [3.63, 3.8) is 0 Å². The van der Waals surface area contributed by atoms with Crippen LogP contribution in [0.4, 0.5) is 0 Å². The highest BCUT2D eigenvalue weighted by molar-refractivity contribution is 6.31. The molecular formula is C24H20ClNO2. The molecule has 0 amide bonds. The fraction of sp³-hybridized carbons (Fsp3) is 0.125. The van der Waals surface area contributed by atoms with E-state index in [1.807, 2.05) is 78.9 Å². The van der Waals surface area contributed by atoms with E-state index in [4.69, 9.17) is 16.3 Å². The third-order valence-electron chi connectivity index (χ3n) is 4.87. The number of benzene rings is 3. The highest BCUT2D eigenvalue weighted by Gasteiger charge is 2.17. The van der Waals surface area contributed by atoms with Crippen molar-refractivity contribution in [2.24, 2.45) is 7.05 Å². The molecular weight excluding hydrogens is 370 g/mol. The Morgan fingerprint density at radius 1 is 0.893 bits per heavy atom. The van der Waals surface area contributed by atoms with Crippen molar-refractivity contribution in [2.45, 2.75) is 13.2 Å². The lowest BCUT2D eigenvalue weighted by Crippen LogP contribution is -2.23.